The van der Waals surface area contributed by atoms with Crippen LogP contribution in [0.25, 0.3) is 0 Å². The Morgan fingerprint density at radius 2 is 2.09 bits per heavy atom. The number of ether oxygens (including phenoxy) is 1. The van der Waals surface area contributed by atoms with E-state index in [1.807, 2.05) is 13.8 Å². The lowest BCUT2D eigenvalue weighted by Crippen LogP contribution is -2.37. The molecular weight excluding hydrogens is 144 g/mol. The molecule has 0 aromatic carbocycles. The molecule has 0 bridgehead atoms. The molecule has 0 amide bonds. The minimum atomic E-state index is -0.526. The summed E-state index contributed by atoms with van der Waals surface area (Å²) in [6, 6.07) is -0.526. The summed E-state index contributed by atoms with van der Waals surface area (Å²) in [6.45, 7) is 4.33. The van der Waals surface area contributed by atoms with Crippen molar-refractivity contribution < 1.29 is 9.53 Å². The number of nitrogens with two attached hydrogens (primary N) is 2. The summed E-state index contributed by atoms with van der Waals surface area (Å²) < 4.78 is 4.73. The SMILES string of the molecule is CC(C)[C@H](N)C(=O)OCCN. The minimum Gasteiger partial charge on any atom is -0.463 e. The predicted molar refractivity (Wildman–Crippen MR) is 42.8 cm³/mol. The van der Waals surface area contributed by atoms with Gasteiger partial charge in [0.2, 0.25) is 0 Å². The third kappa shape index (κ3) is 3.95. The molecule has 0 spiro atoms. The van der Waals surface area contributed by atoms with E-state index in [9.17, 15) is 4.79 Å². The van der Waals surface area contributed by atoms with Crippen LogP contribution in [0.3, 0.4) is 0 Å². The zero-order chi connectivity index (χ0) is 8.85. The summed E-state index contributed by atoms with van der Waals surface area (Å²) in [5, 5.41) is 0. The maximum absolute atomic E-state index is 10.9. The van der Waals surface area contributed by atoms with Crippen LogP contribution in [-0.2, 0) is 9.53 Å². The monoisotopic (exact) mass is 160 g/mol. The number of hydrogen-bond acceptors (Lipinski definition) is 4. The molecular formula is C7H16N2O2. The van der Waals surface area contributed by atoms with Gasteiger partial charge in [-0.3, -0.25) is 4.79 Å². The van der Waals surface area contributed by atoms with Gasteiger partial charge in [0, 0.05) is 6.54 Å². The highest BCUT2D eigenvalue weighted by atomic mass is 16.5. The molecule has 1 atom stereocenters. The summed E-state index contributed by atoms with van der Waals surface area (Å²) in [5.41, 5.74) is 10.6. The van der Waals surface area contributed by atoms with Crippen molar-refractivity contribution in [2.45, 2.75) is 19.9 Å². The molecule has 0 aliphatic rings. The Balaban J connectivity index is 3.64. The maximum atomic E-state index is 10.9. The van der Waals surface area contributed by atoms with E-state index in [2.05, 4.69) is 0 Å². The van der Waals surface area contributed by atoms with Gasteiger partial charge in [0.15, 0.2) is 0 Å². The minimum absolute atomic E-state index is 0.111. The van der Waals surface area contributed by atoms with Gasteiger partial charge in [0.25, 0.3) is 0 Å². The predicted octanol–water partition coefficient (Wildman–Crippen LogP) is -0.528. The van der Waals surface area contributed by atoms with Crippen LogP contribution in [0.5, 0.6) is 0 Å². The van der Waals surface area contributed by atoms with Crippen LogP contribution in [0.1, 0.15) is 13.8 Å². The van der Waals surface area contributed by atoms with E-state index in [0.717, 1.165) is 0 Å². The average Bonchev–Trinajstić information content (AvgIpc) is 1.98. The molecule has 4 N–H and O–H groups in total. The van der Waals surface area contributed by atoms with Crippen LogP contribution in [0, 0.1) is 5.92 Å². The highest BCUT2D eigenvalue weighted by Crippen LogP contribution is 1.99. The lowest BCUT2D eigenvalue weighted by atomic mass is 10.1. The molecule has 0 aromatic heterocycles. The smallest absolute Gasteiger partial charge is 0.323 e. The molecule has 0 fully saturated rings. The second-order valence-corrected chi connectivity index (χ2v) is 2.73. The second kappa shape index (κ2) is 5.09. The van der Waals surface area contributed by atoms with E-state index in [0.29, 0.717) is 6.54 Å². The van der Waals surface area contributed by atoms with Gasteiger partial charge in [0.05, 0.1) is 0 Å². The summed E-state index contributed by atoms with van der Waals surface area (Å²) in [5.74, 6) is -0.259. The first-order valence-corrected chi connectivity index (χ1v) is 3.72. The fraction of sp³-hybridized carbons (Fsp3) is 0.857. The molecule has 4 heteroatoms. The van der Waals surface area contributed by atoms with E-state index in [-0.39, 0.29) is 18.5 Å². The fourth-order valence-corrected chi connectivity index (χ4v) is 0.528. The molecule has 0 aliphatic carbocycles. The first-order chi connectivity index (χ1) is 5.09. The van der Waals surface area contributed by atoms with E-state index in [4.69, 9.17) is 16.2 Å². The lowest BCUT2D eigenvalue weighted by molar-refractivity contribution is -0.145. The molecule has 0 saturated carbocycles. The number of rotatable bonds is 4. The van der Waals surface area contributed by atoms with Crippen molar-refractivity contribution in [2.75, 3.05) is 13.2 Å². The first-order valence-electron chi connectivity index (χ1n) is 3.72. The third-order valence-corrected chi connectivity index (χ3v) is 1.35. The largest absolute Gasteiger partial charge is 0.463 e. The van der Waals surface area contributed by atoms with Crippen molar-refractivity contribution in [3.63, 3.8) is 0 Å². The number of carbonyl (C=O) groups is 1. The Morgan fingerprint density at radius 3 is 2.45 bits per heavy atom. The molecule has 11 heavy (non-hydrogen) atoms. The Kier molecular flexibility index (Phi) is 4.81. The van der Waals surface area contributed by atoms with Gasteiger partial charge in [-0.05, 0) is 5.92 Å². The Hall–Kier alpha value is -0.610. The molecule has 0 heterocycles. The standard InChI is InChI=1S/C7H16N2O2/c1-5(2)6(9)7(10)11-4-3-8/h5-6H,3-4,8-9H2,1-2H3/t6-/m0/s1. The highest BCUT2D eigenvalue weighted by Gasteiger charge is 2.17. The zero-order valence-electron chi connectivity index (χ0n) is 7.04. The van der Waals surface area contributed by atoms with Crippen molar-refractivity contribution in [1.29, 1.82) is 0 Å². The van der Waals surface area contributed by atoms with Crippen LogP contribution >= 0.6 is 0 Å². The second-order valence-electron chi connectivity index (χ2n) is 2.73. The molecule has 4 nitrogen and oxygen atoms in total. The van der Waals surface area contributed by atoms with Crippen molar-refractivity contribution in [2.24, 2.45) is 17.4 Å². The topological polar surface area (TPSA) is 78.3 Å². The summed E-state index contributed by atoms with van der Waals surface area (Å²) >= 11 is 0. The summed E-state index contributed by atoms with van der Waals surface area (Å²) in [7, 11) is 0. The van der Waals surface area contributed by atoms with Crippen LogP contribution in [0.15, 0.2) is 0 Å². The van der Waals surface area contributed by atoms with Gasteiger partial charge in [-0.15, -0.1) is 0 Å². The van der Waals surface area contributed by atoms with Crippen molar-refractivity contribution in [3.05, 3.63) is 0 Å². The first kappa shape index (κ1) is 10.4. The van der Waals surface area contributed by atoms with Crippen LogP contribution in [0.4, 0.5) is 0 Å². The van der Waals surface area contributed by atoms with Crippen LogP contribution in [0.2, 0.25) is 0 Å². The molecule has 0 radical (unpaired) electrons. The number of hydrogen-bond donors (Lipinski definition) is 2. The lowest BCUT2D eigenvalue weighted by Gasteiger charge is -2.13. The summed E-state index contributed by atoms with van der Waals surface area (Å²) in [6.07, 6.45) is 0. The molecule has 0 saturated heterocycles. The zero-order valence-corrected chi connectivity index (χ0v) is 7.04. The molecule has 0 unspecified atom stereocenters. The Bertz CT molecular complexity index is 126. The quantitative estimate of drug-likeness (QED) is 0.542. The van der Waals surface area contributed by atoms with E-state index >= 15 is 0 Å². The molecule has 66 valence electrons. The molecule has 0 aromatic rings. The van der Waals surface area contributed by atoms with Gasteiger partial charge in [-0.25, -0.2) is 0 Å². The van der Waals surface area contributed by atoms with E-state index < -0.39 is 6.04 Å². The van der Waals surface area contributed by atoms with Gasteiger partial charge < -0.3 is 16.2 Å². The maximum Gasteiger partial charge on any atom is 0.323 e. The number of esters is 1. The van der Waals surface area contributed by atoms with E-state index in [1.165, 1.54) is 0 Å². The van der Waals surface area contributed by atoms with Gasteiger partial charge >= 0.3 is 5.97 Å². The van der Waals surface area contributed by atoms with E-state index in [1.54, 1.807) is 0 Å². The van der Waals surface area contributed by atoms with Gasteiger partial charge in [-0.2, -0.15) is 0 Å². The summed E-state index contributed by atoms with van der Waals surface area (Å²) in [4.78, 5) is 10.9. The van der Waals surface area contributed by atoms with Crippen molar-refractivity contribution in [3.8, 4) is 0 Å². The Morgan fingerprint density at radius 1 is 1.55 bits per heavy atom. The van der Waals surface area contributed by atoms with Crippen molar-refractivity contribution in [1.82, 2.24) is 0 Å². The normalized spacial score (nSPS) is 13.2. The fourth-order valence-electron chi connectivity index (χ4n) is 0.528. The molecule has 0 aliphatic heterocycles. The van der Waals surface area contributed by atoms with Crippen molar-refractivity contribution >= 4 is 5.97 Å². The number of carbonyl (C=O) groups excluding carboxylic acids is 1. The van der Waals surface area contributed by atoms with Gasteiger partial charge in [0.1, 0.15) is 12.6 Å². The molecule has 0 rings (SSSR count). The van der Waals surface area contributed by atoms with Crippen LogP contribution in [-0.4, -0.2) is 25.2 Å². The average molecular weight is 160 g/mol. The van der Waals surface area contributed by atoms with Crippen LogP contribution < -0.4 is 11.5 Å². The third-order valence-electron chi connectivity index (χ3n) is 1.35. The highest BCUT2D eigenvalue weighted by molar-refractivity contribution is 5.75. The van der Waals surface area contributed by atoms with Gasteiger partial charge in [-0.1, -0.05) is 13.8 Å². The Labute approximate surface area is 66.9 Å².